The number of aromatic nitrogens is 3. The van der Waals surface area contributed by atoms with Crippen molar-refractivity contribution in [2.24, 2.45) is 0 Å². The van der Waals surface area contributed by atoms with Crippen molar-refractivity contribution in [2.75, 3.05) is 18.4 Å². The summed E-state index contributed by atoms with van der Waals surface area (Å²) in [5.41, 5.74) is 2.10. The van der Waals surface area contributed by atoms with Crippen molar-refractivity contribution in [3.63, 3.8) is 0 Å². The molecule has 1 amide bonds. The number of sulfonamides is 1. The number of hydrogen-bond donors (Lipinski definition) is 2. The summed E-state index contributed by atoms with van der Waals surface area (Å²) in [7, 11) is -3.48. The molecule has 2 heterocycles. The highest BCUT2D eigenvalue weighted by atomic mass is 32.2. The summed E-state index contributed by atoms with van der Waals surface area (Å²) >= 11 is 0. The molecule has 0 spiro atoms. The second kappa shape index (κ2) is 9.84. The molecular weight excluding hydrogens is 438 g/mol. The normalized spacial score (nSPS) is 15.0. The maximum Gasteiger partial charge on any atom is 0.243 e. The zero-order valence-electron chi connectivity index (χ0n) is 18.9. The molecule has 8 nitrogen and oxygen atoms in total. The number of aromatic amines is 1. The van der Waals surface area contributed by atoms with E-state index in [1.165, 1.54) is 0 Å². The lowest BCUT2D eigenvalue weighted by Crippen LogP contribution is -2.35. The summed E-state index contributed by atoms with van der Waals surface area (Å²) in [6.45, 7) is 5.19. The zero-order chi connectivity index (χ0) is 23.4. The lowest BCUT2D eigenvalue weighted by atomic mass is 10.1. The number of anilines is 1. The van der Waals surface area contributed by atoms with Crippen LogP contribution in [0.4, 0.5) is 5.69 Å². The van der Waals surface area contributed by atoms with Crippen molar-refractivity contribution in [2.45, 2.75) is 50.3 Å². The van der Waals surface area contributed by atoms with Crippen LogP contribution in [0.2, 0.25) is 0 Å². The van der Waals surface area contributed by atoms with Gasteiger partial charge in [0.1, 0.15) is 5.82 Å². The topological polar surface area (TPSA) is 108 Å². The van der Waals surface area contributed by atoms with Crippen molar-refractivity contribution in [3.8, 4) is 11.4 Å². The van der Waals surface area contributed by atoms with Gasteiger partial charge in [-0.3, -0.25) is 9.89 Å². The molecule has 0 radical (unpaired) electrons. The van der Waals surface area contributed by atoms with Crippen LogP contribution in [0.15, 0.2) is 53.4 Å². The molecule has 0 saturated carbocycles. The third-order valence-corrected chi connectivity index (χ3v) is 7.65. The molecule has 3 aromatic rings. The number of nitrogens with zero attached hydrogens (tertiary/aromatic N) is 3. The van der Waals surface area contributed by atoms with Gasteiger partial charge in [0.25, 0.3) is 0 Å². The molecule has 4 rings (SSSR count). The first kappa shape index (κ1) is 23.1. The smallest absolute Gasteiger partial charge is 0.243 e. The lowest BCUT2D eigenvalue weighted by molar-refractivity contribution is -0.115. The molecule has 1 aliphatic rings. The number of hydrogen-bond acceptors (Lipinski definition) is 5. The number of carbonyl (C=O) groups excluding carboxylic acids is 1. The standard InChI is InChI=1S/C24H29N5O3S/c1-17(2)23-26-24(28-27-23)20-8-4-5-9-21(20)25-22(30)16-18-10-12-19(13-11-18)33(31,32)29-14-6-3-7-15-29/h4-5,8-13,17H,3,6-7,14-16H2,1-2H3,(H,25,30)(H,26,27,28). The Morgan fingerprint density at radius 2 is 1.76 bits per heavy atom. The van der Waals surface area contributed by atoms with Gasteiger partial charge in [-0.15, -0.1) is 0 Å². The molecule has 33 heavy (non-hydrogen) atoms. The largest absolute Gasteiger partial charge is 0.325 e. The average molecular weight is 468 g/mol. The predicted octanol–water partition coefficient (Wildman–Crippen LogP) is 3.95. The van der Waals surface area contributed by atoms with Gasteiger partial charge in [0, 0.05) is 24.6 Å². The van der Waals surface area contributed by atoms with Crippen LogP contribution in [0.3, 0.4) is 0 Å². The van der Waals surface area contributed by atoms with E-state index in [-0.39, 0.29) is 23.1 Å². The highest BCUT2D eigenvalue weighted by Crippen LogP contribution is 2.26. The van der Waals surface area contributed by atoms with Crippen molar-refractivity contribution in [3.05, 3.63) is 59.9 Å². The van der Waals surface area contributed by atoms with Crippen molar-refractivity contribution < 1.29 is 13.2 Å². The summed E-state index contributed by atoms with van der Waals surface area (Å²) < 4.78 is 27.2. The van der Waals surface area contributed by atoms with E-state index in [1.807, 2.05) is 38.1 Å². The van der Waals surface area contributed by atoms with Gasteiger partial charge in [-0.05, 0) is 42.7 Å². The van der Waals surface area contributed by atoms with Crippen molar-refractivity contribution >= 4 is 21.6 Å². The minimum atomic E-state index is -3.48. The fourth-order valence-corrected chi connectivity index (χ4v) is 5.37. The molecule has 0 bridgehead atoms. The maximum absolute atomic E-state index is 12.8. The van der Waals surface area contributed by atoms with Crippen LogP contribution in [0, 0.1) is 0 Å². The first-order valence-corrected chi connectivity index (χ1v) is 12.7. The highest BCUT2D eigenvalue weighted by Gasteiger charge is 2.25. The first-order chi connectivity index (χ1) is 15.8. The van der Waals surface area contributed by atoms with Crippen LogP contribution in [0.5, 0.6) is 0 Å². The summed E-state index contributed by atoms with van der Waals surface area (Å²) in [6.07, 6.45) is 2.99. The second-order valence-corrected chi connectivity index (χ2v) is 10.5. The maximum atomic E-state index is 12.8. The molecule has 0 atom stereocenters. The minimum absolute atomic E-state index is 0.129. The Bertz CT molecular complexity index is 1210. The van der Waals surface area contributed by atoms with E-state index in [2.05, 4.69) is 20.5 Å². The van der Waals surface area contributed by atoms with Gasteiger partial charge in [-0.2, -0.15) is 9.40 Å². The predicted molar refractivity (Wildman–Crippen MR) is 127 cm³/mol. The first-order valence-electron chi connectivity index (χ1n) is 11.3. The molecule has 0 unspecified atom stereocenters. The van der Waals surface area contributed by atoms with E-state index in [4.69, 9.17) is 0 Å². The molecule has 174 valence electrons. The fraction of sp³-hybridized carbons (Fsp3) is 0.375. The summed E-state index contributed by atoms with van der Waals surface area (Å²) in [5, 5.41) is 10.2. The number of carbonyl (C=O) groups is 1. The molecule has 1 aliphatic heterocycles. The molecule has 1 saturated heterocycles. The molecule has 2 N–H and O–H groups in total. The number of benzene rings is 2. The number of amides is 1. The Morgan fingerprint density at radius 1 is 1.06 bits per heavy atom. The third kappa shape index (κ3) is 5.31. The van der Waals surface area contributed by atoms with Crippen LogP contribution in [-0.4, -0.2) is 46.9 Å². The van der Waals surface area contributed by atoms with Crippen molar-refractivity contribution in [1.82, 2.24) is 19.5 Å². The molecular formula is C24H29N5O3S. The van der Waals surface area contributed by atoms with Gasteiger partial charge < -0.3 is 5.32 Å². The number of para-hydroxylation sites is 1. The van der Waals surface area contributed by atoms with Gasteiger partial charge >= 0.3 is 0 Å². The van der Waals surface area contributed by atoms with Gasteiger partial charge in [0.05, 0.1) is 17.0 Å². The zero-order valence-corrected chi connectivity index (χ0v) is 19.7. The van der Waals surface area contributed by atoms with E-state index in [0.29, 0.717) is 24.6 Å². The van der Waals surface area contributed by atoms with Crippen molar-refractivity contribution in [1.29, 1.82) is 0 Å². The number of H-pyrrole nitrogens is 1. The number of piperidine rings is 1. The van der Waals surface area contributed by atoms with E-state index in [9.17, 15) is 13.2 Å². The van der Waals surface area contributed by atoms with Gasteiger partial charge in [0.2, 0.25) is 15.9 Å². The third-order valence-electron chi connectivity index (χ3n) is 5.73. The molecule has 0 aliphatic carbocycles. The van der Waals surface area contributed by atoms with Crippen LogP contribution in [-0.2, 0) is 21.2 Å². The Labute approximate surface area is 194 Å². The molecule has 1 aromatic heterocycles. The number of rotatable bonds is 7. The van der Waals surface area contributed by atoms with Crippen LogP contribution in [0.25, 0.3) is 11.4 Å². The SMILES string of the molecule is CC(C)c1nc(-c2ccccc2NC(=O)Cc2ccc(S(=O)(=O)N3CCCCC3)cc2)n[nH]1. The summed E-state index contributed by atoms with van der Waals surface area (Å²) in [5.74, 6) is 1.33. The lowest BCUT2D eigenvalue weighted by Gasteiger charge is -2.25. The van der Waals surface area contributed by atoms with Crippen LogP contribution >= 0.6 is 0 Å². The van der Waals surface area contributed by atoms with E-state index in [1.54, 1.807) is 28.6 Å². The van der Waals surface area contributed by atoms with E-state index < -0.39 is 10.0 Å². The van der Waals surface area contributed by atoms with Gasteiger partial charge in [-0.25, -0.2) is 13.4 Å². The van der Waals surface area contributed by atoms with E-state index in [0.717, 1.165) is 36.2 Å². The molecule has 2 aromatic carbocycles. The van der Waals surface area contributed by atoms with Crippen LogP contribution < -0.4 is 5.32 Å². The second-order valence-electron chi connectivity index (χ2n) is 8.58. The van der Waals surface area contributed by atoms with Crippen LogP contribution in [0.1, 0.15) is 50.4 Å². The Kier molecular flexibility index (Phi) is 6.90. The number of nitrogens with one attached hydrogen (secondary N) is 2. The Hall–Kier alpha value is -3.04. The summed E-state index contributed by atoms with van der Waals surface area (Å²) in [6, 6.07) is 14.0. The Balaban J connectivity index is 1.44. The van der Waals surface area contributed by atoms with E-state index >= 15 is 0 Å². The monoisotopic (exact) mass is 467 g/mol. The van der Waals surface area contributed by atoms with Gasteiger partial charge in [-0.1, -0.05) is 44.5 Å². The Morgan fingerprint density at radius 3 is 2.42 bits per heavy atom. The molecule has 9 heteroatoms. The van der Waals surface area contributed by atoms with Gasteiger partial charge in [0.15, 0.2) is 5.82 Å². The molecule has 1 fully saturated rings. The summed E-state index contributed by atoms with van der Waals surface area (Å²) in [4.78, 5) is 17.5. The fourth-order valence-electron chi connectivity index (χ4n) is 3.85. The average Bonchev–Trinajstić information content (AvgIpc) is 3.31. The minimum Gasteiger partial charge on any atom is -0.325 e. The quantitative estimate of drug-likeness (QED) is 0.547. The highest BCUT2D eigenvalue weighted by molar-refractivity contribution is 7.89.